The molecular weight excluding hydrogens is 246 g/mol. The smallest absolute Gasteiger partial charge is 0.363 e. The topological polar surface area (TPSA) is 85.9 Å². The van der Waals surface area contributed by atoms with Crippen LogP contribution in [0.4, 0.5) is 11.5 Å². The van der Waals surface area contributed by atoms with Crippen LogP contribution in [0.15, 0.2) is 24.5 Å². The minimum atomic E-state index is -0.514. The summed E-state index contributed by atoms with van der Waals surface area (Å²) in [6.07, 6.45) is 4.29. The number of aryl methyl sites for hydroxylation is 2. The van der Waals surface area contributed by atoms with Gasteiger partial charge in [0, 0.05) is 31.4 Å². The summed E-state index contributed by atoms with van der Waals surface area (Å²) in [5, 5.41) is 18.0. The lowest BCUT2D eigenvalue weighted by atomic mass is 10.2. The summed E-state index contributed by atoms with van der Waals surface area (Å²) in [4.78, 5) is 13.7. The normalized spacial score (nSPS) is 10.4. The zero-order chi connectivity index (χ0) is 13.8. The summed E-state index contributed by atoms with van der Waals surface area (Å²) < 4.78 is 1.78. The molecule has 0 radical (unpaired) electrons. The highest BCUT2D eigenvalue weighted by molar-refractivity contribution is 5.44. The molecule has 19 heavy (non-hydrogen) atoms. The number of hydrogen-bond donors (Lipinski definition) is 1. The van der Waals surface area contributed by atoms with Crippen LogP contribution >= 0.6 is 0 Å². The molecule has 0 aliphatic carbocycles. The summed E-state index contributed by atoms with van der Waals surface area (Å²) in [6, 6.07) is 3.03. The quantitative estimate of drug-likeness (QED) is 0.656. The Balaban J connectivity index is 2.03. The standard InChI is InChI=1S/C12H15N5O2/c1-3-11-9(8-16(2)15-11)6-13-10-4-5-12(14-7-10)17(18)19/h4-5,7-8,13H,3,6H2,1-2H3. The van der Waals surface area contributed by atoms with Gasteiger partial charge >= 0.3 is 5.82 Å². The molecule has 2 aromatic heterocycles. The zero-order valence-electron chi connectivity index (χ0n) is 10.8. The predicted octanol–water partition coefficient (Wildman–Crippen LogP) is 1.90. The third kappa shape index (κ3) is 3.06. The second-order valence-electron chi connectivity index (χ2n) is 4.14. The Labute approximate surface area is 110 Å². The van der Waals surface area contributed by atoms with Crippen LogP contribution in [0, 0.1) is 10.1 Å². The van der Waals surface area contributed by atoms with Crippen LogP contribution in [0.3, 0.4) is 0 Å². The number of hydrogen-bond acceptors (Lipinski definition) is 5. The summed E-state index contributed by atoms with van der Waals surface area (Å²) >= 11 is 0. The van der Waals surface area contributed by atoms with Crippen LogP contribution in [0.25, 0.3) is 0 Å². The molecule has 0 aliphatic rings. The molecule has 100 valence electrons. The Hall–Kier alpha value is -2.44. The number of aromatic nitrogens is 3. The average molecular weight is 261 g/mol. The molecule has 0 fully saturated rings. The first-order valence-corrected chi connectivity index (χ1v) is 5.96. The Morgan fingerprint density at radius 3 is 2.84 bits per heavy atom. The molecule has 0 aliphatic heterocycles. The maximum atomic E-state index is 10.5. The molecule has 0 unspecified atom stereocenters. The highest BCUT2D eigenvalue weighted by Gasteiger charge is 2.08. The molecule has 0 bridgehead atoms. The van der Waals surface area contributed by atoms with E-state index in [1.54, 1.807) is 10.7 Å². The van der Waals surface area contributed by atoms with Gasteiger partial charge < -0.3 is 15.4 Å². The molecule has 7 nitrogen and oxygen atoms in total. The second-order valence-corrected chi connectivity index (χ2v) is 4.14. The van der Waals surface area contributed by atoms with E-state index in [2.05, 4.69) is 22.3 Å². The van der Waals surface area contributed by atoms with Crippen molar-refractivity contribution in [1.82, 2.24) is 14.8 Å². The van der Waals surface area contributed by atoms with E-state index in [9.17, 15) is 10.1 Å². The van der Waals surface area contributed by atoms with E-state index in [-0.39, 0.29) is 5.82 Å². The van der Waals surface area contributed by atoms with E-state index in [0.717, 1.165) is 23.4 Å². The highest BCUT2D eigenvalue weighted by atomic mass is 16.6. The molecule has 0 saturated heterocycles. The van der Waals surface area contributed by atoms with Gasteiger partial charge in [-0.1, -0.05) is 6.92 Å². The minimum absolute atomic E-state index is 0.152. The molecule has 0 spiro atoms. The van der Waals surface area contributed by atoms with Crippen LogP contribution in [0.2, 0.25) is 0 Å². The summed E-state index contributed by atoms with van der Waals surface area (Å²) in [7, 11) is 1.89. The fourth-order valence-corrected chi connectivity index (χ4v) is 1.82. The van der Waals surface area contributed by atoms with Gasteiger partial charge in [-0.2, -0.15) is 5.10 Å². The predicted molar refractivity (Wildman–Crippen MR) is 70.8 cm³/mol. The van der Waals surface area contributed by atoms with E-state index in [1.807, 2.05) is 13.2 Å². The molecule has 2 heterocycles. The first-order chi connectivity index (χ1) is 9.10. The number of nitro groups is 1. The van der Waals surface area contributed by atoms with E-state index in [0.29, 0.717) is 6.54 Å². The van der Waals surface area contributed by atoms with E-state index in [4.69, 9.17) is 0 Å². The van der Waals surface area contributed by atoms with Gasteiger partial charge in [0.2, 0.25) is 0 Å². The summed E-state index contributed by atoms with van der Waals surface area (Å²) in [6.45, 7) is 2.68. The van der Waals surface area contributed by atoms with Crippen LogP contribution in [-0.4, -0.2) is 19.7 Å². The van der Waals surface area contributed by atoms with E-state index in [1.165, 1.54) is 12.3 Å². The molecule has 0 aromatic carbocycles. The van der Waals surface area contributed by atoms with Gasteiger partial charge in [0.1, 0.15) is 0 Å². The number of anilines is 1. The van der Waals surface area contributed by atoms with Gasteiger partial charge in [0.25, 0.3) is 0 Å². The van der Waals surface area contributed by atoms with Crippen LogP contribution in [-0.2, 0) is 20.0 Å². The van der Waals surface area contributed by atoms with Crippen molar-refractivity contribution < 1.29 is 4.92 Å². The second kappa shape index (κ2) is 5.47. The third-order valence-corrected chi connectivity index (χ3v) is 2.74. The van der Waals surface area contributed by atoms with Crippen LogP contribution in [0.5, 0.6) is 0 Å². The van der Waals surface area contributed by atoms with Crippen molar-refractivity contribution in [1.29, 1.82) is 0 Å². The molecule has 0 saturated carbocycles. The zero-order valence-corrected chi connectivity index (χ0v) is 10.8. The first kappa shape index (κ1) is 13.0. The molecule has 1 N–H and O–H groups in total. The van der Waals surface area contributed by atoms with Crippen LogP contribution in [0.1, 0.15) is 18.2 Å². The average Bonchev–Trinajstić information content (AvgIpc) is 2.77. The van der Waals surface area contributed by atoms with Crippen molar-refractivity contribution >= 4 is 11.5 Å². The monoisotopic (exact) mass is 261 g/mol. The molecule has 2 aromatic rings. The Bertz CT molecular complexity index is 576. The Kier molecular flexibility index (Phi) is 3.74. The lowest BCUT2D eigenvalue weighted by molar-refractivity contribution is -0.389. The van der Waals surface area contributed by atoms with Gasteiger partial charge in [-0.15, -0.1) is 0 Å². The summed E-state index contributed by atoms with van der Waals surface area (Å²) in [5.74, 6) is -0.152. The third-order valence-electron chi connectivity index (χ3n) is 2.74. The molecule has 7 heteroatoms. The van der Waals surface area contributed by atoms with Crippen molar-refractivity contribution in [3.63, 3.8) is 0 Å². The van der Waals surface area contributed by atoms with Gasteiger partial charge in [-0.25, -0.2) is 0 Å². The Morgan fingerprint density at radius 1 is 1.47 bits per heavy atom. The van der Waals surface area contributed by atoms with Gasteiger partial charge in [-0.3, -0.25) is 4.68 Å². The molecule has 0 amide bonds. The van der Waals surface area contributed by atoms with Crippen molar-refractivity contribution in [2.75, 3.05) is 5.32 Å². The molecule has 0 atom stereocenters. The van der Waals surface area contributed by atoms with Crippen molar-refractivity contribution in [3.05, 3.63) is 45.9 Å². The van der Waals surface area contributed by atoms with Crippen molar-refractivity contribution in [2.24, 2.45) is 7.05 Å². The largest absolute Gasteiger partial charge is 0.378 e. The minimum Gasteiger partial charge on any atom is -0.378 e. The number of pyridine rings is 1. The van der Waals surface area contributed by atoms with E-state index < -0.39 is 4.92 Å². The highest BCUT2D eigenvalue weighted by Crippen LogP contribution is 2.14. The number of rotatable bonds is 5. The maximum absolute atomic E-state index is 10.5. The Morgan fingerprint density at radius 2 is 2.26 bits per heavy atom. The van der Waals surface area contributed by atoms with Crippen molar-refractivity contribution in [2.45, 2.75) is 19.9 Å². The fourth-order valence-electron chi connectivity index (χ4n) is 1.82. The van der Waals surface area contributed by atoms with Gasteiger partial charge in [-0.05, 0) is 22.4 Å². The number of nitrogens with zero attached hydrogens (tertiary/aromatic N) is 4. The first-order valence-electron chi connectivity index (χ1n) is 5.96. The van der Waals surface area contributed by atoms with Crippen LogP contribution < -0.4 is 5.32 Å². The van der Waals surface area contributed by atoms with Gasteiger partial charge in [0.15, 0.2) is 6.20 Å². The molecular formula is C12H15N5O2. The number of nitrogens with one attached hydrogen (secondary N) is 1. The summed E-state index contributed by atoms with van der Waals surface area (Å²) in [5.41, 5.74) is 2.91. The SMILES string of the molecule is CCc1nn(C)cc1CNc1ccc([N+](=O)[O-])nc1. The van der Waals surface area contributed by atoms with Crippen molar-refractivity contribution in [3.8, 4) is 0 Å². The van der Waals surface area contributed by atoms with E-state index >= 15 is 0 Å². The van der Waals surface area contributed by atoms with Gasteiger partial charge in [0.05, 0.1) is 11.4 Å². The lowest BCUT2D eigenvalue weighted by Crippen LogP contribution is -2.02. The lowest BCUT2D eigenvalue weighted by Gasteiger charge is -2.04. The maximum Gasteiger partial charge on any atom is 0.363 e. The molecule has 2 rings (SSSR count). The fraction of sp³-hybridized carbons (Fsp3) is 0.333.